The summed E-state index contributed by atoms with van der Waals surface area (Å²) in [5.41, 5.74) is 0.912. The van der Waals surface area contributed by atoms with E-state index in [2.05, 4.69) is 0 Å². The third-order valence-corrected chi connectivity index (χ3v) is 5.95. The minimum atomic E-state index is -0.777. The number of amides is 1. The second-order valence-electron chi connectivity index (χ2n) is 7.09. The van der Waals surface area contributed by atoms with Gasteiger partial charge in [0.15, 0.2) is 11.5 Å². The molecule has 0 saturated carbocycles. The Bertz CT molecular complexity index is 1050. The Kier molecular flexibility index (Phi) is 7.13. The van der Waals surface area contributed by atoms with E-state index in [1.165, 1.54) is 31.3 Å². The maximum absolute atomic E-state index is 13.0. The van der Waals surface area contributed by atoms with Crippen LogP contribution in [-0.4, -0.2) is 42.5 Å². The van der Waals surface area contributed by atoms with Crippen molar-refractivity contribution in [2.24, 2.45) is 0 Å². The molecule has 1 atom stereocenters. The molecule has 2 aromatic carbocycles. The van der Waals surface area contributed by atoms with E-state index >= 15 is 0 Å². The van der Waals surface area contributed by atoms with E-state index in [0.717, 1.165) is 6.42 Å². The number of hydrogen-bond acceptors (Lipinski definition) is 5. The van der Waals surface area contributed by atoms with E-state index in [-0.39, 0.29) is 16.4 Å². The molecule has 164 valence electrons. The summed E-state index contributed by atoms with van der Waals surface area (Å²) >= 11 is 12.1. The highest BCUT2D eigenvalue weighted by Crippen LogP contribution is 2.42. The number of Topliss-reactive ketones (excluding diaryl/α,β-unsaturated/α-hetero) is 1. The molecule has 0 aliphatic carbocycles. The second-order valence-corrected chi connectivity index (χ2v) is 7.90. The number of carbonyl (C=O) groups is 2. The Hall–Kier alpha value is -2.70. The summed E-state index contributed by atoms with van der Waals surface area (Å²) in [4.78, 5) is 27.3. The highest BCUT2D eigenvalue weighted by atomic mass is 35.5. The number of aliphatic hydroxyl groups excluding tert-OH is 1. The number of ketones is 1. The standard InChI is InChI=1S/C23H23Cl2NO5/c1-4-5-10-26-20(13-7-9-17(30-2)18(12-13)31-3)19(22(28)23(26)29)21(27)14-6-8-15(24)16(25)11-14/h6-9,11-12,20,27H,4-5,10H2,1-3H3/b21-19-. The summed E-state index contributed by atoms with van der Waals surface area (Å²) in [6.07, 6.45) is 1.55. The summed E-state index contributed by atoms with van der Waals surface area (Å²) in [5, 5.41) is 11.6. The average molecular weight is 464 g/mol. The molecule has 1 heterocycles. The van der Waals surface area contributed by atoms with Crippen molar-refractivity contribution >= 4 is 40.7 Å². The molecule has 1 N–H and O–H groups in total. The number of nitrogens with zero attached hydrogens (tertiary/aromatic N) is 1. The van der Waals surface area contributed by atoms with Crippen LogP contribution in [0.15, 0.2) is 42.0 Å². The number of likely N-dealkylation sites (tertiary alicyclic amines) is 1. The largest absolute Gasteiger partial charge is 0.507 e. The monoisotopic (exact) mass is 463 g/mol. The highest BCUT2D eigenvalue weighted by Gasteiger charge is 2.46. The molecule has 6 nitrogen and oxygen atoms in total. The number of aliphatic hydroxyl groups is 1. The summed E-state index contributed by atoms with van der Waals surface area (Å²) in [6, 6.07) is 8.92. The van der Waals surface area contributed by atoms with Crippen LogP contribution in [0.2, 0.25) is 10.0 Å². The van der Waals surface area contributed by atoms with E-state index in [0.29, 0.717) is 40.6 Å². The molecule has 2 aromatic rings. The first kappa shape index (κ1) is 23.0. The predicted octanol–water partition coefficient (Wildman–Crippen LogP) is 5.23. The summed E-state index contributed by atoms with van der Waals surface area (Å²) < 4.78 is 10.7. The normalized spacial score (nSPS) is 17.8. The van der Waals surface area contributed by atoms with Crippen molar-refractivity contribution in [1.82, 2.24) is 4.90 Å². The molecule has 1 fully saturated rings. The maximum atomic E-state index is 13.0. The van der Waals surface area contributed by atoms with Gasteiger partial charge in [0.2, 0.25) is 0 Å². The third-order valence-electron chi connectivity index (χ3n) is 5.21. The van der Waals surface area contributed by atoms with Gasteiger partial charge in [-0.2, -0.15) is 0 Å². The van der Waals surface area contributed by atoms with Gasteiger partial charge in [0, 0.05) is 12.1 Å². The lowest BCUT2D eigenvalue weighted by Crippen LogP contribution is -2.30. The molecule has 0 bridgehead atoms. The number of carbonyl (C=O) groups excluding carboxylic acids is 2. The fourth-order valence-electron chi connectivity index (χ4n) is 3.61. The van der Waals surface area contributed by atoms with Crippen LogP contribution in [0, 0.1) is 0 Å². The number of unbranched alkanes of at least 4 members (excludes halogenated alkanes) is 1. The van der Waals surface area contributed by atoms with Gasteiger partial charge >= 0.3 is 0 Å². The van der Waals surface area contributed by atoms with Gasteiger partial charge in [-0.15, -0.1) is 0 Å². The second kappa shape index (κ2) is 9.62. The molecular weight excluding hydrogens is 441 g/mol. The quantitative estimate of drug-likeness (QED) is 0.345. The first-order chi connectivity index (χ1) is 14.8. The minimum Gasteiger partial charge on any atom is -0.507 e. The molecule has 31 heavy (non-hydrogen) atoms. The topological polar surface area (TPSA) is 76.1 Å². The SMILES string of the molecule is CCCCN1C(=O)C(=O)/C(=C(\O)c2ccc(Cl)c(Cl)c2)C1c1ccc(OC)c(OC)c1. The molecule has 1 amide bonds. The lowest BCUT2D eigenvalue weighted by Gasteiger charge is -2.26. The zero-order chi connectivity index (χ0) is 22.7. The van der Waals surface area contributed by atoms with Gasteiger partial charge in [0.25, 0.3) is 11.7 Å². The maximum Gasteiger partial charge on any atom is 0.295 e. The van der Waals surface area contributed by atoms with E-state index in [4.69, 9.17) is 32.7 Å². The smallest absolute Gasteiger partial charge is 0.295 e. The summed E-state index contributed by atoms with van der Waals surface area (Å²) in [6.45, 7) is 2.37. The van der Waals surface area contributed by atoms with Crippen LogP contribution in [0.25, 0.3) is 5.76 Å². The Morgan fingerprint density at radius 2 is 1.74 bits per heavy atom. The van der Waals surface area contributed by atoms with Gasteiger partial charge < -0.3 is 19.5 Å². The van der Waals surface area contributed by atoms with Gasteiger partial charge in [0.05, 0.1) is 35.9 Å². The van der Waals surface area contributed by atoms with Crippen LogP contribution < -0.4 is 9.47 Å². The third kappa shape index (κ3) is 4.36. The molecular formula is C23H23Cl2NO5. The Balaban J connectivity index is 2.21. The zero-order valence-electron chi connectivity index (χ0n) is 17.4. The van der Waals surface area contributed by atoms with Crippen molar-refractivity contribution in [1.29, 1.82) is 0 Å². The van der Waals surface area contributed by atoms with Crippen LogP contribution in [0.5, 0.6) is 11.5 Å². The van der Waals surface area contributed by atoms with Crippen molar-refractivity contribution in [2.45, 2.75) is 25.8 Å². The number of rotatable bonds is 7. The number of halogens is 2. The van der Waals surface area contributed by atoms with E-state index in [9.17, 15) is 14.7 Å². The van der Waals surface area contributed by atoms with Crippen LogP contribution >= 0.6 is 23.2 Å². The molecule has 0 spiro atoms. The lowest BCUT2D eigenvalue weighted by atomic mass is 9.95. The molecule has 1 saturated heterocycles. The van der Waals surface area contributed by atoms with Crippen molar-refractivity contribution < 1.29 is 24.2 Å². The molecule has 1 aliphatic rings. The zero-order valence-corrected chi connectivity index (χ0v) is 19.0. The van der Waals surface area contributed by atoms with Crippen molar-refractivity contribution in [2.75, 3.05) is 20.8 Å². The van der Waals surface area contributed by atoms with Crippen LogP contribution in [-0.2, 0) is 9.59 Å². The van der Waals surface area contributed by atoms with Crippen LogP contribution in [0.4, 0.5) is 0 Å². The fraction of sp³-hybridized carbons (Fsp3) is 0.304. The van der Waals surface area contributed by atoms with Crippen LogP contribution in [0.3, 0.4) is 0 Å². The van der Waals surface area contributed by atoms with Gasteiger partial charge in [-0.25, -0.2) is 0 Å². The number of benzene rings is 2. The summed E-state index contributed by atoms with van der Waals surface area (Å²) in [5.74, 6) is -0.748. The van der Waals surface area contributed by atoms with E-state index < -0.39 is 17.7 Å². The lowest BCUT2D eigenvalue weighted by molar-refractivity contribution is -0.139. The van der Waals surface area contributed by atoms with Gasteiger partial charge in [0.1, 0.15) is 5.76 Å². The number of hydrogen-bond donors (Lipinski definition) is 1. The number of ether oxygens (including phenoxy) is 2. The molecule has 0 aromatic heterocycles. The minimum absolute atomic E-state index is 0.00767. The number of methoxy groups -OCH3 is 2. The van der Waals surface area contributed by atoms with Crippen molar-refractivity contribution in [3.05, 3.63) is 63.1 Å². The first-order valence-electron chi connectivity index (χ1n) is 9.79. The molecule has 0 radical (unpaired) electrons. The van der Waals surface area contributed by atoms with E-state index in [1.807, 2.05) is 6.92 Å². The molecule has 1 unspecified atom stereocenters. The average Bonchev–Trinajstić information content (AvgIpc) is 3.03. The van der Waals surface area contributed by atoms with Crippen molar-refractivity contribution in [3.63, 3.8) is 0 Å². The van der Waals surface area contributed by atoms with Gasteiger partial charge in [-0.05, 0) is 42.3 Å². The Labute approximate surface area is 191 Å². The van der Waals surface area contributed by atoms with E-state index in [1.54, 1.807) is 24.3 Å². The highest BCUT2D eigenvalue weighted by molar-refractivity contribution is 6.46. The first-order valence-corrected chi connectivity index (χ1v) is 10.5. The van der Waals surface area contributed by atoms with Crippen molar-refractivity contribution in [3.8, 4) is 11.5 Å². The van der Waals surface area contributed by atoms with Gasteiger partial charge in [-0.3, -0.25) is 9.59 Å². The Morgan fingerprint density at radius 3 is 2.35 bits per heavy atom. The van der Waals surface area contributed by atoms with Crippen LogP contribution in [0.1, 0.15) is 36.9 Å². The molecule has 3 rings (SSSR count). The fourth-order valence-corrected chi connectivity index (χ4v) is 3.91. The molecule has 1 aliphatic heterocycles. The molecule has 8 heteroatoms. The Morgan fingerprint density at radius 1 is 1.03 bits per heavy atom. The van der Waals surface area contributed by atoms with Gasteiger partial charge in [-0.1, -0.05) is 42.6 Å². The predicted molar refractivity (Wildman–Crippen MR) is 120 cm³/mol. The summed E-state index contributed by atoms with van der Waals surface area (Å²) in [7, 11) is 3.03.